The number of rotatable bonds is 3. The monoisotopic (exact) mass is 242 g/mol. The molecule has 1 heteroatoms. The van der Waals surface area contributed by atoms with Crippen molar-refractivity contribution < 1.29 is 0 Å². The average molecular weight is 242 g/mol. The summed E-state index contributed by atoms with van der Waals surface area (Å²) in [7, 11) is -0.500. The van der Waals surface area contributed by atoms with Crippen LogP contribution < -0.4 is 0 Å². The molecule has 1 rings (SSSR count). The normalized spacial score (nSPS) is 23.4. The molecule has 0 unspecified atom stereocenters. The highest BCUT2D eigenvalue weighted by Crippen LogP contribution is 2.65. The van der Waals surface area contributed by atoms with Crippen molar-refractivity contribution in [2.24, 2.45) is 16.7 Å². The van der Waals surface area contributed by atoms with Crippen molar-refractivity contribution >= 4 is 10.0 Å². The van der Waals surface area contributed by atoms with Crippen LogP contribution in [0.15, 0.2) is 11.0 Å². The van der Waals surface area contributed by atoms with Crippen LogP contribution in [0.3, 0.4) is 0 Å². The summed E-state index contributed by atoms with van der Waals surface area (Å²) in [4.78, 5) is 1.76. The van der Waals surface area contributed by atoms with Crippen LogP contribution in [-0.4, -0.2) is 18.3 Å². The van der Waals surface area contributed by atoms with Crippen LogP contribution in [0, 0.1) is 16.7 Å². The van der Waals surface area contributed by atoms with E-state index in [4.69, 9.17) is 0 Å². The second-order valence-corrected chi connectivity index (χ2v) is 11.0. The van der Waals surface area contributed by atoms with Gasteiger partial charge in [0.2, 0.25) is 0 Å². The van der Waals surface area contributed by atoms with Crippen LogP contribution in [0.5, 0.6) is 0 Å². The molecular formula is C15H30S. The van der Waals surface area contributed by atoms with E-state index in [1.807, 2.05) is 0 Å². The molecule has 1 aliphatic heterocycles. The molecule has 1 heterocycles. The predicted octanol–water partition coefficient (Wildman–Crippen LogP) is 5.05. The first-order valence-corrected chi connectivity index (χ1v) is 9.07. The van der Waals surface area contributed by atoms with Gasteiger partial charge in [-0.05, 0) is 46.3 Å². The van der Waals surface area contributed by atoms with E-state index in [-0.39, 0.29) is 0 Å². The van der Waals surface area contributed by atoms with Gasteiger partial charge in [0, 0.05) is 0 Å². The summed E-state index contributed by atoms with van der Waals surface area (Å²) >= 11 is 0. The Hall–Kier alpha value is 0.0900. The van der Waals surface area contributed by atoms with Crippen LogP contribution in [0.4, 0.5) is 0 Å². The smallest absolute Gasteiger partial charge is 0.000833 e. The first-order valence-electron chi connectivity index (χ1n) is 6.45. The largest absolute Gasteiger partial charge is 0.224 e. The molecule has 0 radical (unpaired) electrons. The molecule has 0 saturated heterocycles. The summed E-state index contributed by atoms with van der Waals surface area (Å²) in [6, 6.07) is 0. The van der Waals surface area contributed by atoms with Gasteiger partial charge < -0.3 is 0 Å². The zero-order valence-corrected chi connectivity index (χ0v) is 13.3. The first kappa shape index (κ1) is 14.2. The zero-order valence-electron chi connectivity index (χ0n) is 12.5. The van der Waals surface area contributed by atoms with E-state index in [9.17, 15) is 0 Å². The van der Waals surface area contributed by atoms with Crippen molar-refractivity contribution in [1.29, 1.82) is 0 Å². The highest BCUT2D eigenvalue weighted by atomic mass is 32.3. The van der Waals surface area contributed by atoms with Crippen molar-refractivity contribution in [2.45, 2.75) is 48.0 Å². The first-order chi connectivity index (χ1) is 7.03. The van der Waals surface area contributed by atoms with Crippen molar-refractivity contribution in [3.05, 3.63) is 11.0 Å². The molecule has 0 amide bonds. The lowest BCUT2D eigenvalue weighted by molar-refractivity contribution is 0.0965. The molecule has 1 aliphatic rings. The number of hydrogen-bond donors (Lipinski definition) is 0. The van der Waals surface area contributed by atoms with Gasteiger partial charge in [-0.1, -0.05) is 47.6 Å². The SMILES string of the molecule is CC(C)C(C)(C)C(C)(C)C1=CCCS1(C)C. The van der Waals surface area contributed by atoms with Gasteiger partial charge in [-0.3, -0.25) is 0 Å². The molecule has 0 spiro atoms. The maximum Gasteiger partial charge on any atom is -0.000833 e. The second-order valence-electron chi connectivity index (χ2n) is 7.10. The Morgan fingerprint density at radius 3 is 1.94 bits per heavy atom. The molecule has 0 aliphatic carbocycles. The molecule has 0 aromatic carbocycles. The van der Waals surface area contributed by atoms with E-state index in [1.54, 1.807) is 4.91 Å². The Labute approximate surface area is 104 Å². The van der Waals surface area contributed by atoms with Crippen molar-refractivity contribution in [2.75, 3.05) is 18.3 Å². The fourth-order valence-electron chi connectivity index (χ4n) is 2.81. The van der Waals surface area contributed by atoms with Crippen LogP contribution in [0.1, 0.15) is 48.0 Å². The molecule has 0 N–H and O–H groups in total. The lowest BCUT2D eigenvalue weighted by Crippen LogP contribution is -2.39. The summed E-state index contributed by atoms with van der Waals surface area (Å²) in [6.45, 7) is 14.5. The van der Waals surface area contributed by atoms with Gasteiger partial charge in [0.1, 0.15) is 0 Å². The number of hydrogen-bond acceptors (Lipinski definition) is 0. The third-order valence-corrected chi connectivity index (χ3v) is 8.35. The topological polar surface area (TPSA) is 0 Å². The quantitative estimate of drug-likeness (QED) is 0.650. The highest BCUT2D eigenvalue weighted by molar-refractivity contribution is 8.36. The Bertz CT molecular complexity index is 293. The second kappa shape index (κ2) is 4.08. The van der Waals surface area contributed by atoms with Gasteiger partial charge in [-0.15, -0.1) is 0 Å². The third kappa shape index (κ3) is 2.08. The molecule has 16 heavy (non-hydrogen) atoms. The Morgan fingerprint density at radius 1 is 1.12 bits per heavy atom. The van der Waals surface area contributed by atoms with Gasteiger partial charge >= 0.3 is 0 Å². The third-order valence-electron chi connectivity index (χ3n) is 5.22. The average Bonchev–Trinajstić information content (AvgIpc) is 2.44. The minimum Gasteiger partial charge on any atom is -0.224 e. The van der Waals surface area contributed by atoms with E-state index in [2.05, 4.69) is 60.1 Å². The van der Waals surface area contributed by atoms with E-state index in [1.165, 1.54) is 12.2 Å². The molecule has 0 nitrogen and oxygen atoms in total. The summed E-state index contributed by atoms with van der Waals surface area (Å²) in [5, 5.41) is 0. The fraction of sp³-hybridized carbons (Fsp3) is 0.867. The van der Waals surface area contributed by atoms with E-state index < -0.39 is 10.0 Å². The zero-order chi connectivity index (χ0) is 12.8. The van der Waals surface area contributed by atoms with E-state index in [0.29, 0.717) is 10.8 Å². The van der Waals surface area contributed by atoms with Gasteiger partial charge in [0.05, 0.1) is 0 Å². The fourth-order valence-corrected chi connectivity index (χ4v) is 5.95. The maximum atomic E-state index is 2.54. The Morgan fingerprint density at radius 2 is 1.62 bits per heavy atom. The van der Waals surface area contributed by atoms with Crippen LogP contribution >= 0.6 is 10.0 Å². The summed E-state index contributed by atoms with van der Waals surface area (Å²) in [6.07, 6.45) is 8.82. The van der Waals surface area contributed by atoms with Crippen LogP contribution in [0.2, 0.25) is 0 Å². The summed E-state index contributed by atoms with van der Waals surface area (Å²) < 4.78 is 0. The summed E-state index contributed by atoms with van der Waals surface area (Å²) in [5.74, 6) is 2.12. The minimum atomic E-state index is -0.500. The molecule has 0 atom stereocenters. The minimum absolute atomic E-state index is 0.330. The number of allylic oxidation sites excluding steroid dienone is 2. The molecule has 0 aromatic rings. The highest BCUT2D eigenvalue weighted by Gasteiger charge is 2.45. The Balaban J connectivity index is 3.12. The molecule has 0 saturated carbocycles. The predicted molar refractivity (Wildman–Crippen MR) is 79.4 cm³/mol. The van der Waals surface area contributed by atoms with E-state index in [0.717, 1.165) is 5.92 Å². The lowest BCUT2D eigenvalue weighted by atomic mass is 9.62. The summed E-state index contributed by atoms with van der Waals surface area (Å²) in [5.41, 5.74) is 0.698. The van der Waals surface area contributed by atoms with Gasteiger partial charge in [0.25, 0.3) is 0 Å². The Kier molecular flexibility index (Phi) is 3.61. The van der Waals surface area contributed by atoms with Gasteiger partial charge in [0.15, 0.2) is 0 Å². The molecule has 96 valence electrons. The van der Waals surface area contributed by atoms with Crippen molar-refractivity contribution in [1.82, 2.24) is 0 Å². The molecule has 0 bridgehead atoms. The van der Waals surface area contributed by atoms with Crippen LogP contribution in [-0.2, 0) is 0 Å². The van der Waals surface area contributed by atoms with Crippen molar-refractivity contribution in [3.63, 3.8) is 0 Å². The maximum absolute atomic E-state index is 2.54. The molecular weight excluding hydrogens is 212 g/mol. The van der Waals surface area contributed by atoms with Gasteiger partial charge in [-0.2, -0.15) is 0 Å². The van der Waals surface area contributed by atoms with Crippen LogP contribution in [0.25, 0.3) is 0 Å². The molecule has 0 aromatic heterocycles. The van der Waals surface area contributed by atoms with Gasteiger partial charge in [-0.25, -0.2) is 10.0 Å². The van der Waals surface area contributed by atoms with E-state index >= 15 is 0 Å². The molecule has 0 fully saturated rings. The standard InChI is InChI=1S/C15H30S/c1-12(2)14(3,4)15(5,6)13-10-9-11-16(13,7)8/h10,12H,9,11H2,1-8H3. The lowest BCUT2D eigenvalue weighted by Gasteiger charge is -2.51. The van der Waals surface area contributed by atoms with Crippen molar-refractivity contribution in [3.8, 4) is 0 Å².